The summed E-state index contributed by atoms with van der Waals surface area (Å²) in [5.74, 6) is -5.92. The molecule has 1 saturated carbocycles. The number of aryl methyl sites for hydroxylation is 1. The van der Waals surface area contributed by atoms with Gasteiger partial charge < -0.3 is 14.9 Å². The van der Waals surface area contributed by atoms with Crippen LogP contribution in [0.3, 0.4) is 0 Å². The zero-order chi connectivity index (χ0) is 39.8. The Morgan fingerprint density at radius 3 is 2.26 bits per heavy atom. The lowest BCUT2D eigenvalue weighted by atomic mass is 9.49. The summed E-state index contributed by atoms with van der Waals surface area (Å²) in [5, 5.41) is 22.1. The Hall–Kier alpha value is -6.23. The number of benzene rings is 4. The van der Waals surface area contributed by atoms with Crippen LogP contribution in [0.15, 0.2) is 115 Å². The van der Waals surface area contributed by atoms with Gasteiger partial charge in [0.25, 0.3) is 11.8 Å². The lowest BCUT2D eigenvalue weighted by Crippen LogP contribution is -2.53. The van der Waals surface area contributed by atoms with Gasteiger partial charge >= 0.3 is 5.97 Å². The fraction of sp³-hybridized carbons (Fsp3) is 0.326. The molecule has 2 saturated heterocycles. The molecule has 4 aliphatic rings. The number of amides is 4. The van der Waals surface area contributed by atoms with Crippen LogP contribution in [0.1, 0.15) is 66.7 Å². The van der Waals surface area contributed by atoms with Crippen LogP contribution in [0.2, 0.25) is 0 Å². The molecule has 3 fully saturated rings. The average molecular weight is 768 g/mol. The topological polar surface area (TPSA) is 154 Å². The number of anilines is 1. The number of phenolic OH excluding ortho intramolecular Hbond substituents is 1. The smallest absolute Gasteiger partial charge is 0.303 e. The standard InChI is InChI=1S/C46H45N3O8/c1-28-16-18-31(19-17-28)47-49-43(54)37-26-36-33(22-23-35-40(36)44(55)48(42(35)53)24-10-4-9-15-39(51)52)41(46(37,45(49)56)30-13-7-3-8-14-30)34-21-20-32(25-38(34)50)57-27-29-11-5-2-6-12-29/h2-3,5-8,11-14,16-22,25,35-37,40-41,47,50H,4,9-10,15,23-24,26-27H2,1H3,(H,51,52)/t35-,36+,37-,40-,41+,46+/m0/s1. The maximum absolute atomic E-state index is 15.4. The lowest BCUT2D eigenvalue weighted by molar-refractivity contribution is -0.141. The molecule has 6 atom stereocenters. The number of phenols is 1. The maximum atomic E-state index is 15.4. The van der Waals surface area contributed by atoms with E-state index < -0.39 is 52.8 Å². The summed E-state index contributed by atoms with van der Waals surface area (Å²) < 4.78 is 6.07. The summed E-state index contributed by atoms with van der Waals surface area (Å²) >= 11 is 0. The lowest BCUT2D eigenvalue weighted by Gasteiger charge is -2.50. The van der Waals surface area contributed by atoms with Gasteiger partial charge in [0.15, 0.2) is 0 Å². The molecule has 0 bridgehead atoms. The number of hydrogen-bond donors (Lipinski definition) is 3. The number of rotatable bonds is 13. The number of carbonyl (C=O) groups is 5. The van der Waals surface area contributed by atoms with Crippen molar-refractivity contribution in [1.29, 1.82) is 0 Å². The molecule has 0 radical (unpaired) electrons. The number of ether oxygens (including phenoxy) is 1. The van der Waals surface area contributed by atoms with Crippen LogP contribution in [0.25, 0.3) is 0 Å². The van der Waals surface area contributed by atoms with Crippen LogP contribution in [-0.2, 0) is 36.0 Å². The highest BCUT2D eigenvalue weighted by Crippen LogP contribution is 2.65. The van der Waals surface area contributed by atoms with Gasteiger partial charge in [0.1, 0.15) is 18.1 Å². The molecular weight excluding hydrogens is 723 g/mol. The van der Waals surface area contributed by atoms with Crippen LogP contribution < -0.4 is 10.2 Å². The van der Waals surface area contributed by atoms with Crippen LogP contribution in [0.5, 0.6) is 11.5 Å². The molecule has 4 amide bonds. The van der Waals surface area contributed by atoms with Crippen molar-refractivity contribution in [2.45, 2.75) is 63.4 Å². The first-order valence-electron chi connectivity index (χ1n) is 19.6. The van der Waals surface area contributed by atoms with Gasteiger partial charge in [-0.3, -0.25) is 34.3 Å². The Morgan fingerprint density at radius 1 is 0.842 bits per heavy atom. The fourth-order valence-corrected chi connectivity index (χ4v) is 9.70. The van der Waals surface area contributed by atoms with Gasteiger partial charge in [0.2, 0.25) is 11.8 Å². The number of fused-ring (bicyclic) bond motifs is 4. The van der Waals surface area contributed by atoms with E-state index in [0.717, 1.165) is 21.7 Å². The molecule has 8 rings (SSSR count). The molecule has 11 heteroatoms. The summed E-state index contributed by atoms with van der Waals surface area (Å²) in [5.41, 5.74) is 5.85. The molecular formula is C46H45N3O8. The van der Waals surface area contributed by atoms with Crippen molar-refractivity contribution >= 4 is 35.3 Å². The van der Waals surface area contributed by atoms with Crippen molar-refractivity contribution in [3.05, 3.63) is 137 Å². The highest BCUT2D eigenvalue weighted by atomic mass is 16.5. The summed E-state index contributed by atoms with van der Waals surface area (Å²) in [6.07, 6.45) is 3.86. The zero-order valence-corrected chi connectivity index (χ0v) is 31.7. The first-order valence-corrected chi connectivity index (χ1v) is 19.6. The predicted octanol–water partition coefficient (Wildman–Crippen LogP) is 6.91. The highest BCUT2D eigenvalue weighted by Gasteiger charge is 2.70. The predicted molar refractivity (Wildman–Crippen MR) is 210 cm³/mol. The maximum Gasteiger partial charge on any atom is 0.303 e. The number of hydrazine groups is 1. The van der Waals surface area contributed by atoms with E-state index in [1.807, 2.05) is 85.8 Å². The number of imide groups is 2. The minimum Gasteiger partial charge on any atom is -0.508 e. The number of nitrogens with zero attached hydrogens (tertiary/aromatic N) is 2. The molecule has 4 aromatic carbocycles. The van der Waals surface area contributed by atoms with Crippen LogP contribution in [-0.4, -0.2) is 56.3 Å². The Morgan fingerprint density at radius 2 is 1.56 bits per heavy atom. The summed E-state index contributed by atoms with van der Waals surface area (Å²) in [6, 6.07) is 31.2. The number of hydrogen-bond acceptors (Lipinski definition) is 8. The van der Waals surface area contributed by atoms with Crippen LogP contribution in [0, 0.1) is 30.6 Å². The van der Waals surface area contributed by atoms with Gasteiger partial charge in [0.05, 0.1) is 28.9 Å². The molecule has 0 spiro atoms. The number of aliphatic carboxylic acids is 1. The number of carboxylic acids is 1. The van der Waals surface area contributed by atoms with E-state index >= 15 is 4.79 Å². The Bertz CT molecular complexity index is 2240. The van der Waals surface area contributed by atoms with Gasteiger partial charge in [-0.2, -0.15) is 5.01 Å². The monoisotopic (exact) mass is 767 g/mol. The van der Waals surface area contributed by atoms with E-state index in [-0.39, 0.29) is 50.0 Å². The Balaban J connectivity index is 1.22. The minimum atomic E-state index is -1.52. The molecule has 2 heterocycles. The zero-order valence-electron chi connectivity index (χ0n) is 31.7. The molecule has 57 heavy (non-hydrogen) atoms. The second kappa shape index (κ2) is 15.4. The van der Waals surface area contributed by atoms with Crippen molar-refractivity contribution < 1.29 is 38.9 Å². The van der Waals surface area contributed by atoms with E-state index in [0.29, 0.717) is 41.8 Å². The third-order valence-corrected chi connectivity index (χ3v) is 12.3. The Labute approximate surface area is 330 Å². The van der Waals surface area contributed by atoms with Crippen LogP contribution >= 0.6 is 0 Å². The van der Waals surface area contributed by atoms with E-state index in [9.17, 15) is 24.3 Å². The number of unbranched alkanes of at least 4 members (excludes halogenated alkanes) is 2. The number of carboxylic acid groups (broad SMARTS) is 1. The third-order valence-electron chi connectivity index (χ3n) is 12.3. The quantitative estimate of drug-likeness (QED) is 0.0749. The number of aromatic hydroxyl groups is 1. The molecule has 0 aromatic heterocycles. The number of likely N-dealkylation sites (tertiary alicyclic amines) is 1. The van der Waals surface area contributed by atoms with Gasteiger partial charge in [-0.1, -0.05) is 102 Å². The van der Waals surface area contributed by atoms with Gasteiger partial charge in [-0.15, -0.1) is 0 Å². The average Bonchev–Trinajstić information content (AvgIpc) is 3.58. The van der Waals surface area contributed by atoms with Crippen molar-refractivity contribution in [3.63, 3.8) is 0 Å². The van der Waals surface area contributed by atoms with Gasteiger partial charge in [-0.25, -0.2) is 0 Å². The van der Waals surface area contributed by atoms with Crippen LogP contribution in [0.4, 0.5) is 5.69 Å². The van der Waals surface area contributed by atoms with E-state index in [2.05, 4.69) is 5.43 Å². The molecule has 292 valence electrons. The molecule has 2 aliphatic heterocycles. The van der Waals surface area contributed by atoms with Gasteiger partial charge in [0, 0.05) is 30.5 Å². The van der Waals surface area contributed by atoms with Crippen molar-refractivity contribution in [1.82, 2.24) is 9.91 Å². The SMILES string of the molecule is Cc1ccc(NN2C(=O)[C@@H]3C[C@@H]4C(=CC[C@@H]5C(=O)N(CCCCCC(=O)O)C(=O)[C@@H]54)[C@H](c4ccc(OCc5ccccc5)cc4O)[C@]3(c3ccccc3)C2=O)cc1. The summed E-state index contributed by atoms with van der Waals surface area (Å²) in [6.45, 7) is 2.40. The van der Waals surface area contributed by atoms with E-state index in [1.54, 1.807) is 24.3 Å². The first kappa shape index (κ1) is 37.7. The van der Waals surface area contributed by atoms with E-state index in [4.69, 9.17) is 9.84 Å². The summed E-state index contributed by atoms with van der Waals surface area (Å²) in [4.78, 5) is 70.9. The number of nitrogens with one attached hydrogen (secondary N) is 1. The second-order valence-electron chi connectivity index (χ2n) is 15.6. The van der Waals surface area contributed by atoms with Crippen molar-refractivity contribution in [2.24, 2.45) is 23.7 Å². The molecule has 11 nitrogen and oxygen atoms in total. The molecule has 0 unspecified atom stereocenters. The normalized spacial score (nSPS) is 25.1. The Kier molecular flexibility index (Phi) is 10.2. The summed E-state index contributed by atoms with van der Waals surface area (Å²) in [7, 11) is 0. The third kappa shape index (κ3) is 6.64. The molecule has 4 aromatic rings. The largest absolute Gasteiger partial charge is 0.508 e. The van der Waals surface area contributed by atoms with Gasteiger partial charge in [-0.05, 0) is 67.9 Å². The second-order valence-corrected chi connectivity index (χ2v) is 15.6. The number of carbonyl (C=O) groups excluding carboxylic acids is 4. The highest BCUT2D eigenvalue weighted by molar-refractivity contribution is 6.13. The fourth-order valence-electron chi connectivity index (χ4n) is 9.70. The molecule has 3 N–H and O–H groups in total. The van der Waals surface area contributed by atoms with Crippen molar-refractivity contribution in [2.75, 3.05) is 12.0 Å². The van der Waals surface area contributed by atoms with E-state index in [1.165, 1.54) is 11.0 Å². The minimum absolute atomic E-state index is 0.0178. The van der Waals surface area contributed by atoms with Crippen molar-refractivity contribution in [3.8, 4) is 11.5 Å². The molecule has 2 aliphatic carbocycles. The first-order chi connectivity index (χ1) is 27.6. The number of allylic oxidation sites excluding steroid dienone is 2.